The first-order chi connectivity index (χ1) is 11.7. The molecule has 24 heavy (non-hydrogen) atoms. The van der Waals surface area contributed by atoms with Crippen LogP contribution in [0.3, 0.4) is 0 Å². The summed E-state index contributed by atoms with van der Waals surface area (Å²) in [6, 6.07) is 9.31. The monoisotopic (exact) mass is 340 g/mol. The van der Waals surface area contributed by atoms with Crippen LogP contribution in [0.25, 0.3) is 10.2 Å². The predicted octanol–water partition coefficient (Wildman–Crippen LogP) is 2.37. The number of hydrogen-bond donors (Lipinski definition) is 1. The lowest BCUT2D eigenvalue weighted by atomic mass is 9.97. The molecule has 0 aliphatic heterocycles. The van der Waals surface area contributed by atoms with E-state index in [0.29, 0.717) is 5.13 Å². The van der Waals surface area contributed by atoms with Crippen molar-refractivity contribution < 1.29 is 4.79 Å². The number of fused-ring (bicyclic) bond motifs is 2. The number of thiazole rings is 1. The minimum absolute atomic E-state index is 0.0952. The molecule has 0 bridgehead atoms. The number of para-hydroxylation sites is 1. The number of aryl methyl sites for hydroxylation is 2. The van der Waals surface area contributed by atoms with E-state index < -0.39 is 0 Å². The fraction of sp³-hybridized carbons (Fsp3) is 0.294. The molecule has 2 aromatic heterocycles. The molecule has 1 N–H and O–H groups in total. The molecule has 0 atom stereocenters. The van der Waals surface area contributed by atoms with Crippen LogP contribution in [0.2, 0.25) is 0 Å². The highest BCUT2D eigenvalue weighted by atomic mass is 32.1. The van der Waals surface area contributed by atoms with Gasteiger partial charge in [0.05, 0.1) is 15.9 Å². The van der Waals surface area contributed by atoms with Gasteiger partial charge in [-0.05, 0) is 43.4 Å². The maximum atomic E-state index is 12.2. The maximum absolute atomic E-state index is 12.2. The molecular formula is C17H16N4O2S. The Morgan fingerprint density at radius 1 is 1.25 bits per heavy atom. The van der Waals surface area contributed by atoms with Gasteiger partial charge < -0.3 is 5.32 Å². The zero-order valence-electron chi connectivity index (χ0n) is 13.0. The molecule has 1 aliphatic carbocycles. The van der Waals surface area contributed by atoms with Crippen molar-refractivity contribution in [2.75, 3.05) is 5.32 Å². The number of nitrogens with one attached hydrogen (secondary N) is 1. The minimum Gasteiger partial charge on any atom is -0.300 e. The molecule has 7 heteroatoms. The lowest BCUT2D eigenvalue weighted by Crippen LogP contribution is -2.31. The molecule has 1 amide bonds. The molecule has 1 aliphatic rings. The van der Waals surface area contributed by atoms with E-state index in [1.54, 1.807) is 6.07 Å². The first kappa shape index (κ1) is 15.0. The van der Waals surface area contributed by atoms with Crippen LogP contribution in [-0.4, -0.2) is 20.7 Å². The number of nitrogens with zero attached hydrogens (tertiary/aromatic N) is 3. The maximum Gasteiger partial charge on any atom is 0.267 e. The zero-order valence-corrected chi connectivity index (χ0v) is 13.8. The molecule has 0 fully saturated rings. The van der Waals surface area contributed by atoms with Gasteiger partial charge >= 0.3 is 0 Å². The van der Waals surface area contributed by atoms with E-state index in [1.165, 1.54) is 16.0 Å². The Morgan fingerprint density at radius 2 is 2.08 bits per heavy atom. The molecule has 4 rings (SSSR count). The van der Waals surface area contributed by atoms with Gasteiger partial charge in [-0.1, -0.05) is 23.5 Å². The van der Waals surface area contributed by atoms with Gasteiger partial charge in [0, 0.05) is 6.07 Å². The van der Waals surface area contributed by atoms with E-state index in [4.69, 9.17) is 0 Å². The first-order valence-corrected chi connectivity index (χ1v) is 8.76. The predicted molar refractivity (Wildman–Crippen MR) is 93.4 cm³/mol. The topological polar surface area (TPSA) is 76.9 Å². The van der Waals surface area contributed by atoms with Crippen molar-refractivity contribution >= 4 is 32.6 Å². The van der Waals surface area contributed by atoms with E-state index in [-0.39, 0.29) is 18.0 Å². The molecular weight excluding hydrogens is 324 g/mol. The molecule has 6 nitrogen and oxygen atoms in total. The van der Waals surface area contributed by atoms with Crippen molar-refractivity contribution in [3.8, 4) is 0 Å². The number of rotatable bonds is 3. The van der Waals surface area contributed by atoms with Gasteiger partial charge in [-0.2, -0.15) is 5.10 Å². The lowest BCUT2D eigenvalue weighted by Gasteiger charge is -2.15. The van der Waals surface area contributed by atoms with Gasteiger partial charge in [0.1, 0.15) is 6.54 Å². The van der Waals surface area contributed by atoms with E-state index in [2.05, 4.69) is 15.4 Å². The van der Waals surface area contributed by atoms with Crippen molar-refractivity contribution in [1.29, 1.82) is 0 Å². The van der Waals surface area contributed by atoms with Gasteiger partial charge in [-0.25, -0.2) is 9.67 Å². The zero-order chi connectivity index (χ0) is 16.5. The number of amides is 1. The largest absolute Gasteiger partial charge is 0.300 e. The molecule has 0 unspecified atom stereocenters. The summed E-state index contributed by atoms with van der Waals surface area (Å²) in [4.78, 5) is 28.7. The molecule has 0 saturated carbocycles. The average Bonchev–Trinajstić information content (AvgIpc) is 2.97. The normalized spacial score (nSPS) is 13.7. The van der Waals surface area contributed by atoms with E-state index in [9.17, 15) is 9.59 Å². The third-order valence-corrected chi connectivity index (χ3v) is 5.06. The second kappa shape index (κ2) is 6.16. The van der Waals surface area contributed by atoms with E-state index >= 15 is 0 Å². The summed E-state index contributed by atoms with van der Waals surface area (Å²) >= 11 is 1.41. The second-order valence-electron chi connectivity index (χ2n) is 5.85. The molecule has 1 aromatic carbocycles. The van der Waals surface area contributed by atoms with Crippen LogP contribution in [0.1, 0.15) is 24.1 Å². The lowest BCUT2D eigenvalue weighted by molar-refractivity contribution is -0.117. The molecule has 2 heterocycles. The fourth-order valence-electron chi connectivity index (χ4n) is 2.93. The smallest absolute Gasteiger partial charge is 0.267 e. The molecule has 122 valence electrons. The van der Waals surface area contributed by atoms with Gasteiger partial charge in [0.2, 0.25) is 5.91 Å². The summed E-state index contributed by atoms with van der Waals surface area (Å²) in [5.74, 6) is -0.292. The summed E-state index contributed by atoms with van der Waals surface area (Å²) in [6.45, 7) is -0.0952. The highest BCUT2D eigenvalue weighted by Crippen LogP contribution is 2.25. The SMILES string of the molecule is O=C(Cn1nc2c(cc1=O)CCCC2)Nc1nc2ccccc2s1. The summed E-state index contributed by atoms with van der Waals surface area (Å²) in [7, 11) is 0. The van der Waals surface area contributed by atoms with Gasteiger partial charge in [0.25, 0.3) is 5.56 Å². The molecule has 3 aromatic rings. The summed E-state index contributed by atoms with van der Waals surface area (Å²) in [6.07, 6.45) is 3.94. The van der Waals surface area contributed by atoms with Crippen LogP contribution in [0, 0.1) is 0 Å². The second-order valence-corrected chi connectivity index (χ2v) is 6.88. The number of carbonyl (C=O) groups excluding carboxylic acids is 1. The standard InChI is InChI=1S/C17H16N4O2S/c22-15(19-17-18-13-7-3-4-8-14(13)24-17)10-21-16(23)9-11-5-1-2-6-12(11)20-21/h3-4,7-9H,1-2,5-6,10H2,(H,18,19,22). The summed E-state index contributed by atoms with van der Waals surface area (Å²) in [5, 5.41) is 7.65. The van der Waals surface area contributed by atoms with Crippen molar-refractivity contribution in [3.05, 3.63) is 51.9 Å². The minimum atomic E-state index is -0.292. The molecule has 0 saturated heterocycles. The van der Waals surface area contributed by atoms with Crippen LogP contribution in [0.5, 0.6) is 0 Å². The van der Waals surface area contributed by atoms with Crippen molar-refractivity contribution in [2.24, 2.45) is 0 Å². The van der Waals surface area contributed by atoms with Crippen molar-refractivity contribution in [3.63, 3.8) is 0 Å². The van der Waals surface area contributed by atoms with Gasteiger partial charge in [-0.15, -0.1) is 0 Å². The third-order valence-electron chi connectivity index (χ3n) is 4.11. The Morgan fingerprint density at radius 3 is 2.96 bits per heavy atom. The Bertz CT molecular complexity index is 943. The number of hydrogen-bond acceptors (Lipinski definition) is 5. The summed E-state index contributed by atoms with van der Waals surface area (Å²) in [5.41, 5.74) is 2.58. The van der Waals surface area contributed by atoms with Crippen molar-refractivity contribution in [1.82, 2.24) is 14.8 Å². The number of carbonyl (C=O) groups is 1. The van der Waals surface area contributed by atoms with Gasteiger partial charge in [-0.3, -0.25) is 9.59 Å². The first-order valence-electron chi connectivity index (χ1n) is 7.94. The van der Waals surface area contributed by atoms with Crippen LogP contribution < -0.4 is 10.9 Å². The van der Waals surface area contributed by atoms with Crippen LogP contribution in [0.15, 0.2) is 35.1 Å². The Labute approximate surface area is 142 Å². The van der Waals surface area contributed by atoms with Crippen molar-refractivity contribution in [2.45, 2.75) is 32.2 Å². The number of anilines is 1. The van der Waals surface area contributed by atoms with E-state index in [1.807, 2.05) is 24.3 Å². The van der Waals surface area contributed by atoms with E-state index in [0.717, 1.165) is 47.2 Å². The molecule has 0 radical (unpaired) electrons. The Balaban J connectivity index is 1.52. The van der Waals surface area contributed by atoms with Crippen LogP contribution >= 0.6 is 11.3 Å². The number of aromatic nitrogens is 3. The van der Waals surface area contributed by atoms with Gasteiger partial charge in [0.15, 0.2) is 5.13 Å². The highest BCUT2D eigenvalue weighted by molar-refractivity contribution is 7.22. The highest BCUT2D eigenvalue weighted by Gasteiger charge is 2.15. The number of benzene rings is 1. The van der Waals surface area contributed by atoms with Crippen LogP contribution in [-0.2, 0) is 24.2 Å². The van der Waals surface area contributed by atoms with Crippen LogP contribution in [0.4, 0.5) is 5.13 Å². The fourth-order valence-corrected chi connectivity index (χ4v) is 3.82. The molecule has 0 spiro atoms. The quantitative estimate of drug-likeness (QED) is 0.794. The average molecular weight is 340 g/mol. The Kier molecular flexibility index (Phi) is 3.86. The third kappa shape index (κ3) is 2.94. The summed E-state index contributed by atoms with van der Waals surface area (Å²) < 4.78 is 2.25. The Hall–Kier alpha value is -2.54.